The molecule has 0 saturated heterocycles. The topological polar surface area (TPSA) is 98.3 Å². The lowest BCUT2D eigenvalue weighted by molar-refractivity contribution is -0.384. The average molecular weight is 247 g/mol. The van der Waals surface area contributed by atoms with Crippen LogP contribution in [0.15, 0.2) is 30.7 Å². The van der Waals surface area contributed by atoms with Crippen molar-refractivity contribution >= 4 is 11.7 Å². The Kier molecular flexibility index (Phi) is 2.80. The van der Waals surface area contributed by atoms with E-state index in [0.29, 0.717) is 5.69 Å². The lowest BCUT2D eigenvalue weighted by Crippen LogP contribution is -1.98. The number of carbonyl (C=O) groups is 1. The number of non-ortho nitro benzene ring substituents is 1. The molecule has 2 aromatic rings. The number of aryl methyl sites for hydroxylation is 1. The summed E-state index contributed by atoms with van der Waals surface area (Å²) in [7, 11) is 0. The highest BCUT2D eigenvalue weighted by Gasteiger charge is 2.12. The number of benzene rings is 1. The van der Waals surface area contributed by atoms with Gasteiger partial charge in [0.2, 0.25) is 0 Å². The van der Waals surface area contributed by atoms with E-state index in [1.165, 1.54) is 29.2 Å². The average Bonchev–Trinajstić information content (AvgIpc) is 2.78. The summed E-state index contributed by atoms with van der Waals surface area (Å²) < 4.78 is 1.45. The molecule has 0 fully saturated rings. The summed E-state index contributed by atoms with van der Waals surface area (Å²) in [5.41, 5.74) is 1.15. The fourth-order valence-electron chi connectivity index (χ4n) is 1.55. The predicted molar refractivity (Wildman–Crippen MR) is 61.9 cm³/mol. The van der Waals surface area contributed by atoms with Crippen molar-refractivity contribution in [2.24, 2.45) is 0 Å². The minimum Gasteiger partial charge on any atom is -0.476 e. The molecule has 1 aromatic carbocycles. The van der Waals surface area contributed by atoms with Gasteiger partial charge >= 0.3 is 5.97 Å². The van der Waals surface area contributed by atoms with Crippen molar-refractivity contribution < 1.29 is 14.8 Å². The Morgan fingerprint density at radius 3 is 2.78 bits per heavy atom. The van der Waals surface area contributed by atoms with Crippen LogP contribution in [0.2, 0.25) is 0 Å². The second-order valence-electron chi connectivity index (χ2n) is 3.70. The van der Waals surface area contributed by atoms with E-state index in [1.807, 2.05) is 0 Å². The van der Waals surface area contributed by atoms with E-state index in [-0.39, 0.29) is 11.4 Å². The molecular formula is C11H9N3O4. The van der Waals surface area contributed by atoms with Crippen LogP contribution in [0.4, 0.5) is 5.69 Å². The maximum atomic E-state index is 10.7. The second-order valence-corrected chi connectivity index (χ2v) is 3.70. The number of aromatic carboxylic acids is 1. The quantitative estimate of drug-likeness (QED) is 0.658. The molecule has 0 aliphatic heterocycles. The third kappa shape index (κ3) is 2.05. The zero-order valence-electron chi connectivity index (χ0n) is 9.40. The monoisotopic (exact) mass is 247 g/mol. The molecule has 92 valence electrons. The molecular weight excluding hydrogens is 238 g/mol. The number of nitro benzene ring substituents is 1. The van der Waals surface area contributed by atoms with Gasteiger partial charge in [0.1, 0.15) is 6.33 Å². The van der Waals surface area contributed by atoms with Crippen LogP contribution < -0.4 is 0 Å². The highest BCUT2D eigenvalue weighted by molar-refractivity contribution is 5.85. The van der Waals surface area contributed by atoms with Gasteiger partial charge in [0.15, 0.2) is 5.69 Å². The molecule has 0 spiro atoms. The van der Waals surface area contributed by atoms with Crippen LogP contribution in [0.1, 0.15) is 16.1 Å². The molecule has 0 saturated carbocycles. The minimum absolute atomic E-state index is 0.0545. The maximum absolute atomic E-state index is 10.7. The third-order valence-corrected chi connectivity index (χ3v) is 2.48. The zero-order chi connectivity index (χ0) is 13.3. The third-order valence-electron chi connectivity index (χ3n) is 2.48. The van der Waals surface area contributed by atoms with E-state index in [0.717, 1.165) is 5.56 Å². The van der Waals surface area contributed by atoms with Crippen LogP contribution in [0.3, 0.4) is 0 Å². The Hall–Kier alpha value is -2.70. The lowest BCUT2D eigenvalue weighted by atomic mass is 10.2. The highest BCUT2D eigenvalue weighted by Crippen LogP contribution is 2.21. The van der Waals surface area contributed by atoms with Gasteiger partial charge in [0.05, 0.1) is 10.6 Å². The van der Waals surface area contributed by atoms with Gasteiger partial charge < -0.3 is 9.67 Å². The Bertz CT molecular complexity index is 633. The van der Waals surface area contributed by atoms with E-state index in [4.69, 9.17) is 5.11 Å². The molecule has 1 aromatic heterocycles. The molecule has 18 heavy (non-hydrogen) atoms. The van der Waals surface area contributed by atoms with Gasteiger partial charge in [-0.3, -0.25) is 10.1 Å². The van der Waals surface area contributed by atoms with Crippen LogP contribution in [0.25, 0.3) is 5.69 Å². The van der Waals surface area contributed by atoms with Crippen molar-refractivity contribution in [1.29, 1.82) is 0 Å². The number of hydrogen-bond acceptors (Lipinski definition) is 4. The van der Waals surface area contributed by atoms with Crippen LogP contribution in [-0.2, 0) is 0 Å². The molecule has 0 unspecified atom stereocenters. The molecule has 7 heteroatoms. The molecule has 0 bridgehead atoms. The zero-order valence-corrected chi connectivity index (χ0v) is 9.40. The molecule has 1 heterocycles. The van der Waals surface area contributed by atoms with Crippen LogP contribution >= 0.6 is 0 Å². The van der Waals surface area contributed by atoms with Crippen molar-refractivity contribution in [3.63, 3.8) is 0 Å². The van der Waals surface area contributed by atoms with Crippen molar-refractivity contribution in [3.05, 3.63) is 52.1 Å². The first-order valence-electron chi connectivity index (χ1n) is 5.02. The van der Waals surface area contributed by atoms with E-state index in [1.54, 1.807) is 13.0 Å². The van der Waals surface area contributed by atoms with Crippen molar-refractivity contribution in [2.45, 2.75) is 6.92 Å². The Labute approximate surface area is 101 Å². The molecule has 7 nitrogen and oxygen atoms in total. The van der Waals surface area contributed by atoms with Gasteiger partial charge in [-0.05, 0) is 12.5 Å². The van der Waals surface area contributed by atoms with Crippen LogP contribution in [0, 0.1) is 17.0 Å². The molecule has 0 aliphatic carbocycles. The van der Waals surface area contributed by atoms with Gasteiger partial charge in [-0.1, -0.05) is 6.07 Å². The molecule has 0 aliphatic rings. The Morgan fingerprint density at radius 2 is 2.22 bits per heavy atom. The van der Waals surface area contributed by atoms with Gasteiger partial charge in [0.25, 0.3) is 5.69 Å². The molecule has 0 radical (unpaired) electrons. The SMILES string of the molecule is Cc1ccc([N+](=O)[O-])cc1-n1cnc(C(=O)O)c1. The molecule has 0 amide bonds. The number of nitrogens with zero attached hydrogens (tertiary/aromatic N) is 3. The number of nitro groups is 1. The number of imidazole rings is 1. The first-order valence-corrected chi connectivity index (χ1v) is 5.02. The first-order chi connectivity index (χ1) is 8.49. The van der Waals surface area contributed by atoms with E-state index < -0.39 is 10.9 Å². The number of carboxylic acids is 1. The summed E-state index contributed by atoms with van der Waals surface area (Å²) in [5.74, 6) is -1.14. The van der Waals surface area contributed by atoms with Crippen molar-refractivity contribution in [3.8, 4) is 5.69 Å². The van der Waals surface area contributed by atoms with Crippen molar-refractivity contribution in [1.82, 2.24) is 9.55 Å². The summed E-state index contributed by atoms with van der Waals surface area (Å²) in [4.78, 5) is 24.6. The fraction of sp³-hybridized carbons (Fsp3) is 0.0909. The minimum atomic E-state index is -1.14. The van der Waals surface area contributed by atoms with Gasteiger partial charge in [-0.2, -0.15) is 0 Å². The summed E-state index contributed by atoms with van der Waals surface area (Å²) in [5, 5.41) is 19.5. The predicted octanol–water partition coefficient (Wildman–Crippen LogP) is 1.79. The van der Waals surface area contributed by atoms with Crippen LogP contribution in [0.5, 0.6) is 0 Å². The Balaban J connectivity index is 2.51. The lowest BCUT2D eigenvalue weighted by Gasteiger charge is -2.05. The summed E-state index contributed by atoms with van der Waals surface area (Å²) in [6, 6.07) is 4.38. The highest BCUT2D eigenvalue weighted by atomic mass is 16.6. The summed E-state index contributed by atoms with van der Waals surface area (Å²) >= 11 is 0. The number of rotatable bonds is 3. The number of carboxylic acid groups (broad SMARTS) is 1. The van der Waals surface area contributed by atoms with Gasteiger partial charge in [0, 0.05) is 18.3 Å². The smallest absolute Gasteiger partial charge is 0.356 e. The van der Waals surface area contributed by atoms with Crippen LogP contribution in [-0.4, -0.2) is 25.6 Å². The Morgan fingerprint density at radius 1 is 1.50 bits per heavy atom. The normalized spacial score (nSPS) is 10.3. The molecule has 0 atom stereocenters. The van der Waals surface area contributed by atoms with Gasteiger partial charge in [-0.25, -0.2) is 9.78 Å². The summed E-state index contributed by atoms with van der Waals surface area (Å²) in [6.45, 7) is 1.78. The van der Waals surface area contributed by atoms with E-state index in [2.05, 4.69) is 4.98 Å². The fourth-order valence-corrected chi connectivity index (χ4v) is 1.55. The largest absolute Gasteiger partial charge is 0.476 e. The number of hydrogen-bond donors (Lipinski definition) is 1. The van der Waals surface area contributed by atoms with Crippen molar-refractivity contribution in [2.75, 3.05) is 0 Å². The maximum Gasteiger partial charge on any atom is 0.356 e. The summed E-state index contributed by atoms with van der Waals surface area (Å²) in [6.07, 6.45) is 2.63. The number of aromatic nitrogens is 2. The van der Waals surface area contributed by atoms with E-state index >= 15 is 0 Å². The first kappa shape index (κ1) is 11.8. The van der Waals surface area contributed by atoms with Gasteiger partial charge in [-0.15, -0.1) is 0 Å². The second kappa shape index (κ2) is 4.28. The van der Waals surface area contributed by atoms with E-state index in [9.17, 15) is 14.9 Å². The molecule has 2 rings (SSSR count). The standard InChI is InChI=1S/C11H9N3O4/c1-7-2-3-8(14(17)18)4-10(7)13-5-9(11(15)16)12-6-13/h2-6H,1H3,(H,15,16). The molecule has 1 N–H and O–H groups in total.